The summed E-state index contributed by atoms with van der Waals surface area (Å²) in [6, 6.07) is -0.707. The van der Waals surface area contributed by atoms with Crippen LogP contribution in [0.1, 0.15) is 277 Å². The quantitative estimate of drug-likeness (QED) is 0.0366. The molecule has 0 aliphatic rings. The van der Waals surface area contributed by atoms with Gasteiger partial charge >= 0.3 is 0 Å². The van der Waals surface area contributed by atoms with Gasteiger partial charge in [-0.15, -0.1) is 0 Å². The first-order valence-electron chi connectivity index (χ1n) is 25.0. The number of amides is 1. The Hall–Kier alpha value is -0.910. The monoisotopic (exact) mass is 778 g/mol. The van der Waals surface area contributed by atoms with Gasteiger partial charge in [-0.25, -0.2) is 0 Å². The van der Waals surface area contributed by atoms with Gasteiger partial charge in [0.2, 0.25) is 5.91 Å². The number of unbranched alkanes of at least 4 members (excludes halogenated alkanes) is 36. The Morgan fingerprint density at radius 2 is 0.691 bits per heavy atom. The molecule has 0 rings (SSSR count). The number of allylic oxidation sites excluding steroid dienone is 2. The van der Waals surface area contributed by atoms with E-state index in [1.165, 1.54) is 218 Å². The fourth-order valence-corrected chi connectivity index (χ4v) is 7.95. The minimum atomic E-state index is -1.07. The van der Waals surface area contributed by atoms with Crippen LogP contribution in [0.25, 0.3) is 0 Å². The number of carbonyl (C=O) groups is 1. The standard InChI is InChI=1S/C50H99NO4/c1-3-5-7-9-11-13-15-16-17-18-19-20-21-22-23-24-25-26-27-28-29-30-31-32-33-35-37-39-41-43-45-49(54)50(55)51-47(46-52)48(53)44-42-40-38-36-34-14-12-10-8-6-4-2/h22-23,47-49,52-54H,3-21,24-46H2,1-2H3,(H,51,55)/b23-22-. The minimum Gasteiger partial charge on any atom is -0.394 e. The van der Waals surface area contributed by atoms with E-state index in [2.05, 4.69) is 31.3 Å². The molecule has 3 atom stereocenters. The van der Waals surface area contributed by atoms with Crippen LogP contribution in [0.2, 0.25) is 0 Å². The van der Waals surface area contributed by atoms with Gasteiger partial charge in [-0.1, -0.05) is 251 Å². The summed E-state index contributed by atoms with van der Waals surface area (Å²) in [4.78, 5) is 12.5. The second-order valence-electron chi connectivity index (χ2n) is 17.4. The molecule has 0 aromatic rings. The molecule has 0 aromatic heterocycles. The van der Waals surface area contributed by atoms with Crippen molar-refractivity contribution in [2.75, 3.05) is 6.61 Å². The van der Waals surface area contributed by atoms with E-state index in [1.54, 1.807) is 0 Å². The van der Waals surface area contributed by atoms with Crippen LogP contribution in [-0.4, -0.2) is 46.1 Å². The summed E-state index contributed by atoms with van der Waals surface area (Å²) in [7, 11) is 0. The maximum absolute atomic E-state index is 12.5. The van der Waals surface area contributed by atoms with Crippen LogP contribution in [0.5, 0.6) is 0 Å². The van der Waals surface area contributed by atoms with Crippen LogP contribution in [-0.2, 0) is 4.79 Å². The lowest BCUT2D eigenvalue weighted by atomic mass is 10.0. The van der Waals surface area contributed by atoms with Gasteiger partial charge in [-0.05, 0) is 38.5 Å². The third-order valence-electron chi connectivity index (χ3n) is 11.9. The lowest BCUT2D eigenvalue weighted by molar-refractivity contribution is -0.131. The van der Waals surface area contributed by atoms with Crippen molar-refractivity contribution in [1.82, 2.24) is 5.32 Å². The van der Waals surface area contributed by atoms with E-state index in [0.29, 0.717) is 12.8 Å². The molecule has 0 fully saturated rings. The summed E-state index contributed by atoms with van der Waals surface area (Å²) in [5.41, 5.74) is 0. The molecular formula is C50H99NO4. The molecule has 0 bridgehead atoms. The van der Waals surface area contributed by atoms with Gasteiger partial charge in [0.05, 0.1) is 18.8 Å². The van der Waals surface area contributed by atoms with E-state index in [1.807, 2.05) is 0 Å². The van der Waals surface area contributed by atoms with Crippen molar-refractivity contribution < 1.29 is 20.1 Å². The van der Waals surface area contributed by atoms with E-state index in [0.717, 1.165) is 32.1 Å². The average molecular weight is 778 g/mol. The second-order valence-corrected chi connectivity index (χ2v) is 17.4. The molecule has 0 radical (unpaired) electrons. The molecule has 0 saturated carbocycles. The van der Waals surface area contributed by atoms with Gasteiger partial charge in [0.1, 0.15) is 6.10 Å². The summed E-state index contributed by atoms with van der Waals surface area (Å²) in [6.45, 7) is 4.24. The molecule has 0 aromatic carbocycles. The maximum Gasteiger partial charge on any atom is 0.249 e. The summed E-state index contributed by atoms with van der Waals surface area (Å²) < 4.78 is 0. The fraction of sp³-hybridized carbons (Fsp3) is 0.940. The molecular weight excluding hydrogens is 679 g/mol. The number of hydrogen-bond donors (Lipinski definition) is 4. The third-order valence-corrected chi connectivity index (χ3v) is 11.9. The van der Waals surface area contributed by atoms with Gasteiger partial charge in [0, 0.05) is 0 Å². The Labute approximate surface area is 344 Å². The molecule has 5 nitrogen and oxygen atoms in total. The van der Waals surface area contributed by atoms with Gasteiger partial charge < -0.3 is 20.6 Å². The van der Waals surface area contributed by atoms with E-state index in [4.69, 9.17) is 0 Å². The zero-order valence-electron chi connectivity index (χ0n) is 37.3. The van der Waals surface area contributed by atoms with Gasteiger partial charge in [0.25, 0.3) is 0 Å². The van der Waals surface area contributed by atoms with Gasteiger partial charge in [0.15, 0.2) is 0 Å². The lowest BCUT2D eigenvalue weighted by Gasteiger charge is -2.23. The van der Waals surface area contributed by atoms with E-state index in [9.17, 15) is 20.1 Å². The molecule has 55 heavy (non-hydrogen) atoms. The molecule has 0 saturated heterocycles. The molecule has 5 heteroatoms. The largest absolute Gasteiger partial charge is 0.394 e. The van der Waals surface area contributed by atoms with Crippen LogP contribution in [0.15, 0.2) is 12.2 Å². The van der Waals surface area contributed by atoms with Crippen molar-refractivity contribution >= 4 is 5.91 Å². The van der Waals surface area contributed by atoms with Crippen molar-refractivity contribution in [3.63, 3.8) is 0 Å². The fourth-order valence-electron chi connectivity index (χ4n) is 7.95. The number of nitrogens with one attached hydrogen (secondary N) is 1. The number of rotatable bonds is 46. The normalized spacial score (nSPS) is 13.5. The molecule has 1 amide bonds. The molecule has 3 unspecified atom stereocenters. The summed E-state index contributed by atoms with van der Waals surface area (Å²) in [5.74, 6) is -0.468. The summed E-state index contributed by atoms with van der Waals surface area (Å²) in [6.07, 6.45) is 55.3. The first-order chi connectivity index (χ1) is 27.1. The highest BCUT2D eigenvalue weighted by Gasteiger charge is 2.23. The minimum absolute atomic E-state index is 0.310. The van der Waals surface area contributed by atoms with Crippen LogP contribution < -0.4 is 5.32 Å². The predicted octanol–water partition coefficient (Wildman–Crippen LogP) is 14.8. The molecule has 0 aliphatic heterocycles. The van der Waals surface area contributed by atoms with Crippen molar-refractivity contribution in [2.45, 2.75) is 295 Å². The van der Waals surface area contributed by atoms with E-state index >= 15 is 0 Å². The zero-order valence-corrected chi connectivity index (χ0v) is 37.3. The van der Waals surface area contributed by atoms with Crippen LogP contribution in [0.4, 0.5) is 0 Å². The summed E-state index contributed by atoms with van der Waals surface area (Å²) >= 11 is 0. The highest BCUT2D eigenvalue weighted by molar-refractivity contribution is 5.80. The Balaban J connectivity index is 3.48. The van der Waals surface area contributed by atoms with Crippen molar-refractivity contribution in [3.05, 3.63) is 12.2 Å². The van der Waals surface area contributed by atoms with Crippen molar-refractivity contribution in [1.29, 1.82) is 0 Å². The molecule has 328 valence electrons. The van der Waals surface area contributed by atoms with Crippen molar-refractivity contribution in [3.8, 4) is 0 Å². The first kappa shape index (κ1) is 54.1. The third kappa shape index (κ3) is 41.1. The predicted molar refractivity (Wildman–Crippen MR) is 241 cm³/mol. The summed E-state index contributed by atoms with van der Waals surface area (Å²) in [5, 5.41) is 33.3. The van der Waals surface area contributed by atoms with Crippen LogP contribution in [0, 0.1) is 0 Å². The van der Waals surface area contributed by atoms with Crippen molar-refractivity contribution in [2.24, 2.45) is 0 Å². The zero-order chi connectivity index (χ0) is 40.1. The number of aliphatic hydroxyl groups is 3. The topological polar surface area (TPSA) is 89.8 Å². The van der Waals surface area contributed by atoms with Crippen LogP contribution >= 0.6 is 0 Å². The SMILES string of the molecule is CCCCCCCCCCCCCC/C=C\CCCCCCCCCCCCCCCCC(O)C(=O)NC(CO)C(O)CCCCCCCCCCCCC. The molecule has 0 aliphatic carbocycles. The Bertz CT molecular complexity index is 773. The molecule has 0 heterocycles. The second kappa shape index (κ2) is 45.8. The van der Waals surface area contributed by atoms with Gasteiger partial charge in [-0.3, -0.25) is 4.79 Å². The highest BCUT2D eigenvalue weighted by Crippen LogP contribution is 2.17. The van der Waals surface area contributed by atoms with Gasteiger partial charge in [-0.2, -0.15) is 0 Å². The maximum atomic E-state index is 12.5. The molecule has 4 N–H and O–H groups in total. The highest BCUT2D eigenvalue weighted by atomic mass is 16.3. The smallest absolute Gasteiger partial charge is 0.249 e. The lowest BCUT2D eigenvalue weighted by Crippen LogP contribution is -2.49. The number of aliphatic hydroxyl groups excluding tert-OH is 3. The average Bonchev–Trinajstić information content (AvgIpc) is 3.19. The molecule has 0 spiro atoms. The Morgan fingerprint density at radius 1 is 0.418 bits per heavy atom. The number of hydrogen-bond acceptors (Lipinski definition) is 4. The Kier molecular flexibility index (Phi) is 45.0. The van der Waals surface area contributed by atoms with E-state index in [-0.39, 0.29) is 6.61 Å². The van der Waals surface area contributed by atoms with Crippen LogP contribution in [0.3, 0.4) is 0 Å². The first-order valence-corrected chi connectivity index (χ1v) is 25.0. The number of carbonyl (C=O) groups excluding carboxylic acids is 1. The van der Waals surface area contributed by atoms with E-state index < -0.39 is 24.2 Å². The Morgan fingerprint density at radius 3 is 1.00 bits per heavy atom.